The van der Waals surface area contributed by atoms with Gasteiger partial charge in [0.2, 0.25) is 0 Å². The molecule has 1 fully saturated rings. The standard InChI is InChI=1S/C25H24BrN3O2S2/c1-3-4-8-13-28-24(30)22(33-25(28)32)15-18-16-29(19-9-6-5-7-10-19)27-23(18)17-11-12-21(31-2)20(26)14-17/h5-7,9-12,14-16H,3-4,8,13H2,1-2H3/b22-15+. The first-order valence-electron chi connectivity index (χ1n) is 10.8. The van der Waals surface area contributed by atoms with E-state index < -0.39 is 0 Å². The first kappa shape index (κ1) is 23.7. The molecule has 0 spiro atoms. The summed E-state index contributed by atoms with van der Waals surface area (Å²) in [6.07, 6.45) is 6.99. The number of hydrogen-bond donors (Lipinski definition) is 0. The van der Waals surface area contributed by atoms with Crippen molar-refractivity contribution in [1.29, 1.82) is 0 Å². The Balaban J connectivity index is 1.74. The molecule has 33 heavy (non-hydrogen) atoms. The van der Waals surface area contributed by atoms with E-state index in [2.05, 4.69) is 22.9 Å². The fourth-order valence-corrected chi connectivity index (χ4v) is 5.44. The van der Waals surface area contributed by atoms with E-state index in [-0.39, 0.29) is 5.91 Å². The van der Waals surface area contributed by atoms with E-state index in [1.807, 2.05) is 65.5 Å². The van der Waals surface area contributed by atoms with Crippen LogP contribution in [0.2, 0.25) is 0 Å². The lowest BCUT2D eigenvalue weighted by Crippen LogP contribution is -2.28. The molecule has 4 rings (SSSR count). The molecule has 8 heteroatoms. The largest absolute Gasteiger partial charge is 0.496 e. The number of carbonyl (C=O) groups excluding carboxylic acids is 1. The van der Waals surface area contributed by atoms with Crippen molar-refractivity contribution in [2.75, 3.05) is 13.7 Å². The molecule has 2 heterocycles. The van der Waals surface area contributed by atoms with Crippen molar-refractivity contribution in [1.82, 2.24) is 14.7 Å². The molecule has 0 bridgehead atoms. The summed E-state index contributed by atoms with van der Waals surface area (Å²) in [7, 11) is 1.64. The van der Waals surface area contributed by atoms with Crippen molar-refractivity contribution in [3.63, 3.8) is 0 Å². The minimum atomic E-state index is -0.0320. The maximum atomic E-state index is 13.1. The molecule has 0 radical (unpaired) electrons. The summed E-state index contributed by atoms with van der Waals surface area (Å²) in [6, 6.07) is 15.8. The molecule has 0 unspecified atom stereocenters. The van der Waals surface area contributed by atoms with Crippen LogP contribution in [-0.2, 0) is 4.79 Å². The van der Waals surface area contributed by atoms with E-state index in [1.54, 1.807) is 12.0 Å². The van der Waals surface area contributed by atoms with Gasteiger partial charge in [0.05, 0.1) is 22.2 Å². The second-order valence-corrected chi connectivity index (χ2v) is 10.1. The van der Waals surface area contributed by atoms with Crippen molar-refractivity contribution in [2.24, 2.45) is 0 Å². The summed E-state index contributed by atoms with van der Waals surface area (Å²) < 4.78 is 8.66. The molecule has 2 aromatic carbocycles. The van der Waals surface area contributed by atoms with E-state index >= 15 is 0 Å². The molecule has 1 aliphatic rings. The zero-order valence-electron chi connectivity index (χ0n) is 18.5. The van der Waals surface area contributed by atoms with Crippen LogP contribution >= 0.6 is 39.9 Å². The monoisotopic (exact) mass is 541 g/mol. The number of aromatic nitrogens is 2. The fraction of sp³-hybridized carbons (Fsp3) is 0.240. The molecule has 3 aromatic rings. The lowest BCUT2D eigenvalue weighted by molar-refractivity contribution is -0.122. The van der Waals surface area contributed by atoms with Gasteiger partial charge in [-0.15, -0.1) is 0 Å². The number of thioether (sulfide) groups is 1. The number of halogens is 1. The molecule has 0 atom stereocenters. The summed E-state index contributed by atoms with van der Waals surface area (Å²) >= 11 is 10.4. The maximum Gasteiger partial charge on any atom is 0.266 e. The number of para-hydroxylation sites is 1. The third-order valence-corrected chi connectivity index (χ3v) is 7.33. The van der Waals surface area contributed by atoms with Gasteiger partial charge >= 0.3 is 0 Å². The normalized spacial score (nSPS) is 15.0. The molecule has 0 saturated carbocycles. The third kappa shape index (κ3) is 5.23. The van der Waals surface area contributed by atoms with Gasteiger partial charge in [0.15, 0.2) is 0 Å². The zero-order valence-corrected chi connectivity index (χ0v) is 21.7. The number of amides is 1. The minimum Gasteiger partial charge on any atom is -0.496 e. The molecule has 0 N–H and O–H groups in total. The van der Waals surface area contributed by atoms with Crippen LogP contribution in [0, 0.1) is 0 Å². The summed E-state index contributed by atoms with van der Waals surface area (Å²) in [5, 5.41) is 4.86. The van der Waals surface area contributed by atoms with Crippen molar-refractivity contribution < 1.29 is 9.53 Å². The zero-order chi connectivity index (χ0) is 23.4. The number of nitrogens with zero attached hydrogens (tertiary/aromatic N) is 3. The van der Waals surface area contributed by atoms with Gasteiger partial charge in [0.1, 0.15) is 15.8 Å². The van der Waals surface area contributed by atoms with Gasteiger partial charge in [0.25, 0.3) is 5.91 Å². The van der Waals surface area contributed by atoms with E-state index in [1.165, 1.54) is 11.8 Å². The molecular formula is C25H24BrN3O2S2. The SMILES string of the molecule is CCCCCN1C(=O)/C(=C\c2cn(-c3ccccc3)nc2-c2ccc(OC)c(Br)c2)SC1=S. The highest BCUT2D eigenvalue weighted by Gasteiger charge is 2.32. The molecule has 1 aromatic heterocycles. The van der Waals surface area contributed by atoms with Gasteiger partial charge < -0.3 is 4.74 Å². The lowest BCUT2D eigenvalue weighted by atomic mass is 10.1. The molecule has 1 aliphatic heterocycles. The van der Waals surface area contributed by atoms with E-state index in [0.29, 0.717) is 15.8 Å². The average molecular weight is 543 g/mol. The maximum absolute atomic E-state index is 13.1. The second kappa shape index (κ2) is 10.7. The number of hydrogen-bond acceptors (Lipinski definition) is 5. The highest BCUT2D eigenvalue weighted by atomic mass is 79.9. The van der Waals surface area contributed by atoms with Gasteiger partial charge in [0, 0.05) is 23.9 Å². The highest BCUT2D eigenvalue weighted by Crippen LogP contribution is 2.36. The van der Waals surface area contributed by atoms with Gasteiger partial charge in [-0.2, -0.15) is 5.10 Å². The Kier molecular flexibility index (Phi) is 7.67. The van der Waals surface area contributed by atoms with Crippen LogP contribution < -0.4 is 4.74 Å². The quantitative estimate of drug-likeness (QED) is 0.180. The lowest BCUT2D eigenvalue weighted by Gasteiger charge is -2.13. The molecule has 1 amide bonds. The van der Waals surface area contributed by atoms with Crippen molar-refractivity contribution in [3.05, 3.63) is 69.7 Å². The Bertz CT molecular complexity index is 1210. The van der Waals surface area contributed by atoms with Gasteiger partial charge in [-0.25, -0.2) is 4.68 Å². The molecule has 1 saturated heterocycles. The summed E-state index contributed by atoms with van der Waals surface area (Å²) in [5.74, 6) is 0.714. The molecular weight excluding hydrogens is 518 g/mol. The number of unbranched alkanes of at least 4 members (excludes halogenated alkanes) is 2. The Morgan fingerprint density at radius 2 is 1.97 bits per heavy atom. The Morgan fingerprint density at radius 3 is 2.67 bits per heavy atom. The van der Waals surface area contributed by atoms with Crippen LogP contribution in [0.5, 0.6) is 5.75 Å². The number of benzene rings is 2. The van der Waals surface area contributed by atoms with Crippen LogP contribution in [0.1, 0.15) is 31.7 Å². The predicted molar refractivity (Wildman–Crippen MR) is 143 cm³/mol. The van der Waals surface area contributed by atoms with Gasteiger partial charge in [-0.05, 0) is 58.8 Å². The highest BCUT2D eigenvalue weighted by molar-refractivity contribution is 9.10. The second-order valence-electron chi connectivity index (χ2n) is 7.60. The number of methoxy groups -OCH3 is 1. The number of carbonyl (C=O) groups is 1. The summed E-state index contributed by atoms with van der Waals surface area (Å²) in [4.78, 5) is 15.4. The minimum absolute atomic E-state index is 0.0320. The van der Waals surface area contributed by atoms with Gasteiger partial charge in [-0.3, -0.25) is 9.69 Å². The Hall–Kier alpha value is -2.42. The van der Waals surface area contributed by atoms with Crippen molar-refractivity contribution in [2.45, 2.75) is 26.2 Å². The summed E-state index contributed by atoms with van der Waals surface area (Å²) in [5.41, 5.74) is 3.49. The van der Waals surface area contributed by atoms with Crippen LogP contribution in [0.4, 0.5) is 0 Å². The Morgan fingerprint density at radius 1 is 1.18 bits per heavy atom. The third-order valence-electron chi connectivity index (χ3n) is 5.33. The fourth-order valence-electron chi connectivity index (χ4n) is 3.60. The average Bonchev–Trinajstić information content (AvgIpc) is 3.36. The van der Waals surface area contributed by atoms with Crippen molar-refractivity contribution in [3.8, 4) is 22.7 Å². The van der Waals surface area contributed by atoms with E-state index in [4.69, 9.17) is 22.1 Å². The molecule has 0 aliphatic carbocycles. The van der Waals surface area contributed by atoms with Crippen LogP contribution in [0.15, 0.2) is 64.1 Å². The topological polar surface area (TPSA) is 47.4 Å². The van der Waals surface area contributed by atoms with Crippen LogP contribution in [0.3, 0.4) is 0 Å². The van der Waals surface area contributed by atoms with Crippen molar-refractivity contribution >= 4 is 56.2 Å². The molecule has 5 nitrogen and oxygen atoms in total. The van der Waals surface area contributed by atoms with Gasteiger partial charge in [-0.1, -0.05) is 61.9 Å². The predicted octanol–water partition coefficient (Wildman–Crippen LogP) is 6.70. The number of rotatable bonds is 8. The first-order chi connectivity index (χ1) is 16.0. The van der Waals surface area contributed by atoms with Crippen LogP contribution in [-0.4, -0.2) is 38.6 Å². The molecule has 170 valence electrons. The van der Waals surface area contributed by atoms with E-state index in [0.717, 1.165) is 52.0 Å². The number of thiocarbonyl (C=S) groups is 1. The Labute approximate surface area is 211 Å². The first-order valence-corrected chi connectivity index (χ1v) is 12.8. The number of ether oxygens (including phenoxy) is 1. The van der Waals surface area contributed by atoms with Crippen LogP contribution in [0.25, 0.3) is 23.0 Å². The van der Waals surface area contributed by atoms with E-state index in [9.17, 15) is 4.79 Å². The summed E-state index contributed by atoms with van der Waals surface area (Å²) in [6.45, 7) is 2.81. The smallest absolute Gasteiger partial charge is 0.266 e.